The van der Waals surface area contributed by atoms with Gasteiger partial charge in [-0.05, 0) is 49.1 Å². The smallest absolute Gasteiger partial charge is 0.0482 e. The van der Waals surface area contributed by atoms with E-state index in [1.165, 1.54) is 43.4 Å². The zero-order chi connectivity index (χ0) is 13.2. The van der Waals surface area contributed by atoms with Crippen LogP contribution < -0.4 is 11.3 Å². The van der Waals surface area contributed by atoms with Crippen LogP contribution in [0.25, 0.3) is 0 Å². The lowest BCUT2D eigenvalue weighted by atomic mass is 9.85. The third kappa shape index (κ3) is 2.41. The van der Waals surface area contributed by atoms with Crippen molar-refractivity contribution in [1.82, 2.24) is 10.4 Å². The number of hydrazine groups is 1. The Balaban J connectivity index is 1.77. The Bertz CT molecular complexity index is 432. The predicted molar refractivity (Wildman–Crippen MR) is 77.5 cm³/mol. The van der Waals surface area contributed by atoms with Gasteiger partial charge in [0, 0.05) is 23.9 Å². The molecule has 0 saturated heterocycles. The molecule has 0 amide bonds. The first-order valence-corrected chi connectivity index (χ1v) is 7.73. The zero-order valence-corrected chi connectivity index (χ0v) is 11.8. The summed E-state index contributed by atoms with van der Waals surface area (Å²) in [5.41, 5.74) is 5.86. The summed E-state index contributed by atoms with van der Waals surface area (Å²) in [4.78, 5) is 4.62. The van der Waals surface area contributed by atoms with Crippen molar-refractivity contribution in [1.29, 1.82) is 0 Å². The summed E-state index contributed by atoms with van der Waals surface area (Å²) >= 11 is 0. The summed E-state index contributed by atoms with van der Waals surface area (Å²) in [6, 6.07) is 4.68. The van der Waals surface area contributed by atoms with Crippen LogP contribution >= 0.6 is 0 Å². The summed E-state index contributed by atoms with van der Waals surface area (Å²) in [5.74, 6) is 8.05. The van der Waals surface area contributed by atoms with E-state index >= 15 is 0 Å². The Labute approximate surface area is 116 Å². The molecule has 0 aliphatic heterocycles. The normalized spacial score (nSPS) is 31.4. The Hall–Kier alpha value is -0.930. The molecule has 3 heteroatoms. The van der Waals surface area contributed by atoms with Crippen molar-refractivity contribution in [3.8, 4) is 0 Å². The molecular weight excluding hydrogens is 234 g/mol. The second-order valence-corrected chi connectivity index (χ2v) is 6.23. The monoisotopic (exact) mass is 259 g/mol. The van der Waals surface area contributed by atoms with Crippen LogP contribution in [0.3, 0.4) is 0 Å². The van der Waals surface area contributed by atoms with Crippen LogP contribution in [-0.4, -0.2) is 11.0 Å². The van der Waals surface area contributed by atoms with Gasteiger partial charge in [-0.25, -0.2) is 0 Å². The number of pyridine rings is 1. The van der Waals surface area contributed by atoms with E-state index in [1.807, 2.05) is 6.20 Å². The minimum atomic E-state index is 0.410. The van der Waals surface area contributed by atoms with Crippen molar-refractivity contribution in [3.63, 3.8) is 0 Å². The van der Waals surface area contributed by atoms with Crippen LogP contribution in [0, 0.1) is 11.8 Å². The van der Waals surface area contributed by atoms with E-state index in [9.17, 15) is 0 Å². The molecule has 0 aromatic carbocycles. The first-order valence-electron chi connectivity index (χ1n) is 7.73. The quantitative estimate of drug-likeness (QED) is 0.646. The standard InChI is InChI=1S/C16H25N3/c1-2-11-5-6-13(10-11)16(19-17)14-8-7-12-4-3-9-18-15(12)14/h3-4,9,11,13-14,16,19H,2,5-8,10,17H2,1H3. The Kier molecular flexibility index (Phi) is 3.85. The van der Waals surface area contributed by atoms with Gasteiger partial charge in [0.25, 0.3) is 0 Å². The summed E-state index contributed by atoms with van der Waals surface area (Å²) in [6.07, 6.45) is 9.64. The molecule has 1 aromatic heterocycles. The summed E-state index contributed by atoms with van der Waals surface area (Å²) < 4.78 is 0. The molecule has 0 bridgehead atoms. The summed E-state index contributed by atoms with van der Waals surface area (Å²) in [7, 11) is 0. The van der Waals surface area contributed by atoms with Crippen LogP contribution in [0.1, 0.15) is 56.2 Å². The van der Waals surface area contributed by atoms with Crippen LogP contribution in [-0.2, 0) is 6.42 Å². The fourth-order valence-electron chi connectivity index (χ4n) is 4.18. The maximum absolute atomic E-state index is 5.90. The second kappa shape index (κ2) is 5.59. The van der Waals surface area contributed by atoms with Gasteiger partial charge >= 0.3 is 0 Å². The van der Waals surface area contributed by atoms with Crippen LogP contribution in [0.5, 0.6) is 0 Å². The van der Waals surface area contributed by atoms with Gasteiger partial charge in [-0.1, -0.05) is 25.8 Å². The minimum Gasteiger partial charge on any atom is -0.271 e. The maximum atomic E-state index is 5.90. The highest BCUT2D eigenvalue weighted by Crippen LogP contribution is 2.42. The minimum absolute atomic E-state index is 0.410. The van der Waals surface area contributed by atoms with Crippen molar-refractivity contribution in [2.45, 2.75) is 57.4 Å². The number of nitrogens with two attached hydrogens (primary N) is 1. The SMILES string of the molecule is CCC1CCC(C(NN)C2CCc3cccnc32)C1. The third-order valence-corrected chi connectivity index (χ3v) is 5.29. The molecule has 3 N–H and O–H groups in total. The molecule has 2 aliphatic rings. The molecule has 2 aliphatic carbocycles. The summed E-state index contributed by atoms with van der Waals surface area (Å²) in [6.45, 7) is 2.31. The lowest BCUT2D eigenvalue weighted by Gasteiger charge is -2.29. The van der Waals surface area contributed by atoms with Crippen molar-refractivity contribution in [3.05, 3.63) is 29.6 Å². The molecule has 4 unspecified atom stereocenters. The topological polar surface area (TPSA) is 50.9 Å². The van der Waals surface area contributed by atoms with Crippen LogP contribution in [0.4, 0.5) is 0 Å². The molecular formula is C16H25N3. The number of aromatic nitrogens is 1. The molecule has 1 heterocycles. The number of hydrogen-bond donors (Lipinski definition) is 2. The number of fused-ring (bicyclic) bond motifs is 1. The van der Waals surface area contributed by atoms with E-state index in [1.54, 1.807) is 0 Å². The fourth-order valence-corrected chi connectivity index (χ4v) is 4.18. The number of rotatable bonds is 4. The average molecular weight is 259 g/mol. The van der Waals surface area contributed by atoms with E-state index < -0.39 is 0 Å². The van der Waals surface area contributed by atoms with E-state index in [2.05, 4.69) is 29.5 Å². The number of nitrogens with one attached hydrogen (secondary N) is 1. The molecule has 4 atom stereocenters. The van der Waals surface area contributed by atoms with Crippen molar-refractivity contribution in [2.24, 2.45) is 17.7 Å². The van der Waals surface area contributed by atoms with Gasteiger partial charge in [-0.3, -0.25) is 16.3 Å². The predicted octanol–water partition coefficient (Wildman–Crippen LogP) is 2.77. The van der Waals surface area contributed by atoms with Gasteiger partial charge in [-0.2, -0.15) is 0 Å². The largest absolute Gasteiger partial charge is 0.271 e. The highest BCUT2D eigenvalue weighted by Gasteiger charge is 2.38. The summed E-state index contributed by atoms with van der Waals surface area (Å²) in [5, 5.41) is 0. The van der Waals surface area contributed by atoms with E-state index in [0.717, 1.165) is 18.3 Å². The molecule has 3 rings (SSSR count). The third-order valence-electron chi connectivity index (χ3n) is 5.29. The Morgan fingerprint density at radius 3 is 3.05 bits per heavy atom. The molecule has 1 aromatic rings. The van der Waals surface area contributed by atoms with Gasteiger partial charge in [0.1, 0.15) is 0 Å². The molecule has 0 radical (unpaired) electrons. The average Bonchev–Trinajstić information content (AvgIpc) is 3.07. The van der Waals surface area contributed by atoms with E-state index in [0.29, 0.717) is 12.0 Å². The number of hydrogen-bond acceptors (Lipinski definition) is 3. The van der Waals surface area contributed by atoms with Gasteiger partial charge in [-0.15, -0.1) is 0 Å². The second-order valence-electron chi connectivity index (χ2n) is 6.23. The van der Waals surface area contributed by atoms with Gasteiger partial charge in [0.05, 0.1) is 0 Å². The number of nitrogens with zero attached hydrogens (tertiary/aromatic N) is 1. The highest BCUT2D eigenvalue weighted by molar-refractivity contribution is 5.30. The lowest BCUT2D eigenvalue weighted by Crippen LogP contribution is -2.44. The van der Waals surface area contributed by atoms with Crippen molar-refractivity contribution >= 4 is 0 Å². The van der Waals surface area contributed by atoms with E-state index in [4.69, 9.17) is 5.84 Å². The fraction of sp³-hybridized carbons (Fsp3) is 0.688. The van der Waals surface area contributed by atoms with Crippen molar-refractivity contribution in [2.75, 3.05) is 0 Å². The van der Waals surface area contributed by atoms with Gasteiger partial charge in [0.15, 0.2) is 0 Å². The highest BCUT2D eigenvalue weighted by atomic mass is 15.2. The van der Waals surface area contributed by atoms with Crippen LogP contribution in [0.15, 0.2) is 18.3 Å². The van der Waals surface area contributed by atoms with Gasteiger partial charge in [0.2, 0.25) is 0 Å². The first-order chi connectivity index (χ1) is 9.33. The molecule has 19 heavy (non-hydrogen) atoms. The molecule has 3 nitrogen and oxygen atoms in total. The first kappa shape index (κ1) is 13.1. The Morgan fingerprint density at radius 2 is 2.32 bits per heavy atom. The lowest BCUT2D eigenvalue weighted by molar-refractivity contribution is 0.300. The molecule has 1 fully saturated rings. The van der Waals surface area contributed by atoms with Crippen LogP contribution in [0.2, 0.25) is 0 Å². The molecule has 1 saturated carbocycles. The molecule has 0 spiro atoms. The maximum Gasteiger partial charge on any atom is 0.0482 e. The van der Waals surface area contributed by atoms with Crippen molar-refractivity contribution < 1.29 is 0 Å². The zero-order valence-electron chi connectivity index (χ0n) is 11.8. The van der Waals surface area contributed by atoms with Gasteiger partial charge < -0.3 is 0 Å². The molecule has 104 valence electrons. The number of aryl methyl sites for hydroxylation is 1. The Morgan fingerprint density at radius 1 is 1.42 bits per heavy atom. The van der Waals surface area contributed by atoms with E-state index in [-0.39, 0.29) is 0 Å².